The van der Waals surface area contributed by atoms with Gasteiger partial charge in [0.25, 0.3) is 0 Å². The molecule has 0 saturated heterocycles. The number of halogens is 2. The third-order valence-corrected chi connectivity index (χ3v) is 3.14. The van der Waals surface area contributed by atoms with Crippen LogP contribution in [0.25, 0.3) is 0 Å². The highest BCUT2D eigenvalue weighted by atomic mass is 19.1. The molecule has 0 saturated carbocycles. The van der Waals surface area contributed by atoms with Gasteiger partial charge in [0, 0.05) is 17.2 Å². The number of nitrogens with one attached hydrogen (secondary N) is 1. The molecular formula is C15H16F2N2O. The summed E-state index contributed by atoms with van der Waals surface area (Å²) in [7, 11) is 1.53. The van der Waals surface area contributed by atoms with Crippen LogP contribution in [-0.2, 0) is 0 Å². The van der Waals surface area contributed by atoms with Gasteiger partial charge in [-0.25, -0.2) is 14.2 Å². The molecule has 0 amide bonds. The molecule has 1 unspecified atom stereocenters. The molecule has 2 aromatic carbocycles. The second-order valence-corrected chi connectivity index (χ2v) is 4.51. The van der Waals surface area contributed by atoms with Crippen LogP contribution in [0.4, 0.5) is 8.78 Å². The molecule has 1 atom stereocenters. The Labute approximate surface area is 116 Å². The van der Waals surface area contributed by atoms with Crippen LogP contribution in [0.1, 0.15) is 22.7 Å². The Hall–Kier alpha value is -1.98. The van der Waals surface area contributed by atoms with Gasteiger partial charge < -0.3 is 4.74 Å². The van der Waals surface area contributed by atoms with Gasteiger partial charge in [0.15, 0.2) is 0 Å². The van der Waals surface area contributed by atoms with Crippen LogP contribution < -0.4 is 16.0 Å². The third kappa shape index (κ3) is 2.79. The van der Waals surface area contributed by atoms with Crippen molar-refractivity contribution in [2.75, 3.05) is 7.11 Å². The van der Waals surface area contributed by atoms with E-state index in [1.165, 1.54) is 19.2 Å². The van der Waals surface area contributed by atoms with Gasteiger partial charge in [0.05, 0.1) is 13.2 Å². The lowest BCUT2D eigenvalue weighted by molar-refractivity contribution is 0.403. The smallest absolute Gasteiger partial charge is 0.131 e. The van der Waals surface area contributed by atoms with E-state index in [1.54, 1.807) is 6.07 Å². The van der Waals surface area contributed by atoms with Crippen molar-refractivity contribution in [1.82, 2.24) is 5.43 Å². The highest BCUT2D eigenvalue weighted by Gasteiger charge is 2.20. The zero-order chi connectivity index (χ0) is 14.7. The van der Waals surface area contributed by atoms with Crippen molar-refractivity contribution in [3.05, 3.63) is 64.7 Å². The van der Waals surface area contributed by atoms with Crippen molar-refractivity contribution >= 4 is 0 Å². The first-order valence-electron chi connectivity index (χ1n) is 6.12. The van der Waals surface area contributed by atoms with E-state index >= 15 is 0 Å². The van der Waals surface area contributed by atoms with Crippen LogP contribution >= 0.6 is 0 Å². The normalized spacial score (nSPS) is 12.2. The Morgan fingerprint density at radius 1 is 1.10 bits per heavy atom. The van der Waals surface area contributed by atoms with E-state index in [0.29, 0.717) is 11.3 Å². The number of ether oxygens (including phenoxy) is 1. The summed E-state index contributed by atoms with van der Waals surface area (Å²) in [5.74, 6) is 4.85. The number of aryl methyl sites for hydroxylation is 1. The second-order valence-electron chi connectivity index (χ2n) is 4.51. The Morgan fingerprint density at radius 3 is 2.45 bits per heavy atom. The second kappa shape index (κ2) is 5.98. The third-order valence-electron chi connectivity index (χ3n) is 3.14. The van der Waals surface area contributed by atoms with Crippen LogP contribution in [-0.4, -0.2) is 7.11 Å². The lowest BCUT2D eigenvalue weighted by atomic mass is 9.96. The summed E-state index contributed by atoms with van der Waals surface area (Å²) in [6.07, 6.45) is 0. The van der Waals surface area contributed by atoms with Gasteiger partial charge in [-0.15, -0.1) is 0 Å². The minimum absolute atomic E-state index is 0.262. The summed E-state index contributed by atoms with van der Waals surface area (Å²) in [6, 6.07) is 8.31. The molecule has 0 radical (unpaired) electrons. The highest BCUT2D eigenvalue weighted by molar-refractivity contribution is 5.44. The predicted octanol–water partition coefficient (Wildman–Crippen LogP) is 2.83. The first kappa shape index (κ1) is 14.4. The number of rotatable bonds is 4. The summed E-state index contributed by atoms with van der Waals surface area (Å²) in [6.45, 7) is 1.91. The monoisotopic (exact) mass is 278 g/mol. The van der Waals surface area contributed by atoms with Gasteiger partial charge in [-0.1, -0.05) is 23.8 Å². The fraction of sp³-hybridized carbons (Fsp3) is 0.200. The van der Waals surface area contributed by atoms with Gasteiger partial charge in [0.1, 0.15) is 17.4 Å². The number of methoxy groups -OCH3 is 1. The van der Waals surface area contributed by atoms with E-state index in [2.05, 4.69) is 5.43 Å². The number of benzene rings is 2. The van der Waals surface area contributed by atoms with Crippen molar-refractivity contribution in [2.45, 2.75) is 13.0 Å². The number of nitrogens with two attached hydrogens (primary N) is 1. The summed E-state index contributed by atoms with van der Waals surface area (Å²) in [5, 5.41) is 0. The molecule has 2 rings (SSSR count). The standard InChI is InChI=1S/C15H16F2N2O/c1-9-3-6-14(20-2)12(7-9)15(19-18)11-5-4-10(16)8-13(11)17/h3-8,15,19H,18H2,1-2H3. The maximum absolute atomic E-state index is 13.9. The summed E-state index contributed by atoms with van der Waals surface area (Å²) < 4.78 is 32.2. The van der Waals surface area contributed by atoms with E-state index in [9.17, 15) is 8.78 Å². The average molecular weight is 278 g/mol. The van der Waals surface area contributed by atoms with Gasteiger partial charge in [0.2, 0.25) is 0 Å². The Bertz CT molecular complexity index is 617. The molecule has 0 aliphatic carbocycles. The minimum atomic E-state index is -0.656. The number of hydrogen-bond acceptors (Lipinski definition) is 3. The maximum Gasteiger partial charge on any atom is 0.131 e. The largest absolute Gasteiger partial charge is 0.496 e. The molecule has 0 spiro atoms. The fourth-order valence-electron chi connectivity index (χ4n) is 2.16. The molecule has 0 aliphatic rings. The van der Waals surface area contributed by atoms with E-state index in [0.717, 1.165) is 11.6 Å². The molecule has 0 aromatic heterocycles. The first-order valence-corrected chi connectivity index (χ1v) is 6.12. The Kier molecular flexibility index (Phi) is 4.32. The lowest BCUT2D eigenvalue weighted by Crippen LogP contribution is -2.30. The molecule has 106 valence electrons. The zero-order valence-electron chi connectivity index (χ0n) is 11.3. The van der Waals surface area contributed by atoms with Crippen molar-refractivity contribution in [3.8, 4) is 5.75 Å². The minimum Gasteiger partial charge on any atom is -0.496 e. The molecule has 2 aromatic rings. The summed E-state index contributed by atoms with van der Waals surface area (Å²) in [4.78, 5) is 0. The fourth-order valence-corrected chi connectivity index (χ4v) is 2.16. The van der Waals surface area contributed by atoms with Crippen molar-refractivity contribution in [1.29, 1.82) is 0 Å². The van der Waals surface area contributed by atoms with E-state index in [4.69, 9.17) is 10.6 Å². The van der Waals surface area contributed by atoms with E-state index < -0.39 is 17.7 Å². The van der Waals surface area contributed by atoms with Crippen LogP contribution in [0.3, 0.4) is 0 Å². The molecule has 0 heterocycles. The molecule has 0 bridgehead atoms. The highest BCUT2D eigenvalue weighted by Crippen LogP contribution is 2.31. The van der Waals surface area contributed by atoms with E-state index in [1.807, 2.05) is 19.1 Å². The molecular weight excluding hydrogens is 262 g/mol. The zero-order valence-corrected chi connectivity index (χ0v) is 11.3. The van der Waals surface area contributed by atoms with Gasteiger partial charge >= 0.3 is 0 Å². The summed E-state index contributed by atoms with van der Waals surface area (Å²) in [5.41, 5.74) is 4.50. The van der Waals surface area contributed by atoms with Crippen molar-refractivity contribution in [2.24, 2.45) is 5.84 Å². The molecule has 0 fully saturated rings. The van der Waals surface area contributed by atoms with Gasteiger partial charge in [-0.3, -0.25) is 5.84 Å². The lowest BCUT2D eigenvalue weighted by Gasteiger charge is -2.20. The predicted molar refractivity (Wildman–Crippen MR) is 73.3 cm³/mol. The number of hydrogen-bond donors (Lipinski definition) is 2. The molecule has 3 N–H and O–H groups in total. The van der Waals surface area contributed by atoms with Crippen LogP contribution in [0.2, 0.25) is 0 Å². The van der Waals surface area contributed by atoms with Crippen LogP contribution in [0.5, 0.6) is 5.75 Å². The Balaban J connectivity index is 2.54. The molecule has 20 heavy (non-hydrogen) atoms. The first-order chi connectivity index (χ1) is 9.56. The van der Waals surface area contributed by atoms with Crippen LogP contribution in [0.15, 0.2) is 36.4 Å². The van der Waals surface area contributed by atoms with Gasteiger partial charge in [-0.05, 0) is 19.1 Å². The molecule has 5 heteroatoms. The van der Waals surface area contributed by atoms with Crippen molar-refractivity contribution < 1.29 is 13.5 Å². The topological polar surface area (TPSA) is 47.3 Å². The Morgan fingerprint density at radius 2 is 1.85 bits per heavy atom. The van der Waals surface area contributed by atoms with Gasteiger partial charge in [-0.2, -0.15) is 0 Å². The van der Waals surface area contributed by atoms with Crippen LogP contribution in [0, 0.1) is 18.6 Å². The quantitative estimate of drug-likeness (QED) is 0.668. The van der Waals surface area contributed by atoms with Crippen molar-refractivity contribution in [3.63, 3.8) is 0 Å². The molecule has 3 nitrogen and oxygen atoms in total. The maximum atomic E-state index is 13.9. The summed E-state index contributed by atoms with van der Waals surface area (Å²) >= 11 is 0. The number of hydrazine groups is 1. The average Bonchev–Trinajstić information content (AvgIpc) is 2.42. The SMILES string of the molecule is COc1ccc(C)cc1C(NN)c1ccc(F)cc1F. The molecule has 0 aliphatic heterocycles. The van der Waals surface area contributed by atoms with E-state index in [-0.39, 0.29) is 5.56 Å².